The van der Waals surface area contributed by atoms with Crippen LogP contribution in [0.25, 0.3) is 0 Å². The lowest BCUT2D eigenvalue weighted by molar-refractivity contribution is 0.0600. The minimum absolute atomic E-state index is 0.402. The third-order valence-electron chi connectivity index (χ3n) is 2.37. The highest BCUT2D eigenvalue weighted by Gasteiger charge is 2.07. The van der Waals surface area contributed by atoms with Gasteiger partial charge in [0.25, 0.3) is 0 Å². The molecule has 0 bridgehead atoms. The second kappa shape index (κ2) is 6.04. The van der Waals surface area contributed by atoms with Crippen molar-refractivity contribution in [1.82, 2.24) is 4.98 Å². The van der Waals surface area contributed by atoms with Crippen molar-refractivity contribution in [1.29, 1.82) is 0 Å². The van der Waals surface area contributed by atoms with Crippen molar-refractivity contribution >= 4 is 45.0 Å². The Bertz CT molecular complexity index is 619. The average Bonchev–Trinajstić information content (AvgIpc) is 2.41. The van der Waals surface area contributed by atoms with Crippen LogP contribution in [-0.4, -0.2) is 18.1 Å². The van der Waals surface area contributed by atoms with Crippen molar-refractivity contribution in [2.75, 3.05) is 12.4 Å². The summed E-state index contributed by atoms with van der Waals surface area (Å²) in [7, 11) is 1.34. The van der Waals surface area contributed by atoms with E-state index in [-0.39, 0.29) is 0 Å². The molecule has 0 aliphatic carbocycles. The summed E-state index contributed by atoms with van der Waals surface area (Å²) in [4.78, 5) is 15.6. The van der Waals surface area contributed by atoms with Crippen LogP contribution >= 0.6 is 27.5 Å². The van der Waals surface area contributed by atoms with Crippen LogP contribution in [-0.2, 0) is 4.74 Å². The Morgan fingerprint density at radius 3 is 2.84 bits per heavy atom. The topological polar surface area (TPSA) is 51.2 Å². The third-order valence-corrected chi connectivity index (χ3v) is 3.27. The number of halogens is 2. The number of nitrogens with zero attached hydrogens (tertiary/aromatic N) is 1. The monoisotopic (exact) mass is 340 g/mol. The van der Waals surface area contributed by atoms with Gasteiger partial charge in [-0.2, -0.15) is 0 Å². The first-order valence-electron chi connectivity index (χ1n) is 5.36. The number of hydrogen-bond acceptors (Lipinski definition) is 4. The minimum atomic E-state index is -0.402. The Balaban J connectivity index is 2.26. The largest absolute Gasteiger partial charge is 0.465 e. The molecule has 2 rings (SSSR count). The van der Waals surface area contributed by atoms with E-state index >= 15 is 0 Å². The molecule has 0 radical (unpaired) electrons. The molecule has 0 amide bonds. The average molecular weight is 342 g/mol. The third kappa shape index (κ3) is 3.45. The van der Waals surface area contributed by atoms with Crippen molar-refractivity contribution in [3.05, 3.63) is 51.6 Å². The zero-order valence-electron chi connectivity index (χ0n) is 9.98. The van der Waals surface area contributed by atoms with E-state index in [9.17, 15) is 4.79 Å². The standard InChI is InChI=1S/C13H10BrClN2O2/c1-19-13(18)8-4-5-16-12(6-8)17-11-3-2-9(15)7-10(11)14/h2-7H,1H3,(H,16,17). The Morgan fingerprint density at radius 2 is 2.16 bits per heavy atom. The lowest BCUT2D eigenvalue weighted by Crippen LogP contribution is -2.03. The number of rotatable bonds is 3. The lowest BCUT2D eigenvalue weighted by Gasteiger charge is -2.08. The normalized spacial score (nSPS) is 10.1. The Labute approximate surface area is 123 Å². The van der Waals surface area contributed by atoms with Crippen LogP contribution in [0.4, 0.5) is 11.5 Å². The number of nitrogens with one attached hydrogen (secondary N) is 1. The van der Waals surface area contributed by atoms with Crippen molar-refractivity contribution < 1.29 is 9.53 Å². The molecule has 1 N–H and O–H groups in total. The molecule has 0 atom stereocenters. The van der Waals surface area contributed by atoms with Crippen molar-refractivity contribution in [2.45, 2.75) is 0 Å². The predicted molar refractivity (Wildman–Crippen MR) is 78.0 cm³/mol. The van der Waals surface area contributed by atoms with Gasteiger partial charge in [-0.05, 0) is 46.3 Å². The number of anilines is 2. The molecule has 2 aromatic rings. The summed E-state index contributed by atoms with van der Waals surface area (Å²) in [5.74, 6) is 0.145. The molecule has 0 aliphatic heterocycles. The predicted octanol–water partition coefficient (Wildman–Crippen LogP) is 4.03. The number of hydrogen-bond donors (Lipinski definition) is 1. The summed E-state index contributed by atoms with van der Waals surface area (Å²) in [6.07, 6.45) is 1.54. The van der Waals surface area contributed by atoms with E-state index in [0.29, 0.717) is 16.4 Å². The molecule has 6 heteroatoms. The van der Waals surface area contributed by atoms with Gasteiger partial charge >= 0.3 is 5.97 Å². The number of carbonyl (C=O) groups is 1. The molecular formula is C13H10BrClN2O2. The smallest absolute Gasteiger partial charge is 0.338 e. The highest BCUT2D eigenvalue weighted by Crippen LogP contribution is 2.28. The number of methoxy groups -OCH3 is 1. The van der Waals surface area contributed by atoms with Gasteiger partial charge in [-0.25, -0.2) is 9.78 Å². The van der Waals surface area contributed by atoms with Gasteiger partial charge in [-0.3, -0.25) is 0 Å². The number of esters is 1. The number of aromatic nitrogens is 1. The van der Waals surface area contributed by atoms with Crippen LogP contribution in [0.2, 0.25) is 5.02 Å². The molecule has 0 unspecified atom stereocenters. The fourth-order valence-electron chi connectivity index (χ4n) is 1.47. The van der Waals surface area contributed by atoms with Crippen LogP contribution in [0.1, 0.15) is 10.4 Å². The van der Waals surface area contributed by atoms with Gasteiger partial charge in [-0.15, -0.1) is 0 Å². The fraction of sp³-hybridized carbons (Fsp3) is 0.0769. The minimum Gasteiger partial charge on any atom is -0.465 e. The Morgan fingerprint density at radius 1 is 1.37 bits per heavy atom. The maximum Gasteiger partial charge on any atom is 0.338 e. The van der Waals surface area contributed by atoms with Crippen LogP contribution in [0.5, 0.6) is 0 Å². The summed E-state index contributed by atoms with van der Waals surface area (Å²) in [5, 5.41) is 3.73. The molecule has 0 fully saturated rings. The maximum atomic E-state index is 11.4. The van der Waals surface area contributed by atoms with Crippen LogP contribution in [0, 0.1) is 0 Å². The second-order valence-corrected chi connectivity index (χ2v) is 4.96. The van der Waals surface area contributed by atoms with Gasteiger partial charge in [-0.1, -0.05) is 11.6 Å². The molecule has 4 nitrogen and oxygen atoms in total. The summed E-state index contributed by atoms with van der Waals surface area (Å²) < 4.78 is 5.47. The number of benzene rings is 1. The Kier molecular flexibility index (Phi) is 4.39. The van der Waals surface area contributed by atoms with Crippen molar-refractivity contribution in [3.8, 4) is 0 Å². The number of ether oxygens (including phenoxy) is 1. The quantitative estimate of drug-likeness (QED) is 0.857. The van der Waals surface area contributed by atoms with Crippen LogP contribution in [0.15, 0.2) is 41.0 Å². The molecule has 1 aromatic heterocycles. The first-order chi connectivity index (χ1) is 9.10. The molecule has 0 saturated carbocycles. The van der Waals surface area contributed by atoms with Crippen LogP contribution in [0.3, 0.4) is 0 Å². The molecule has 1 aromatic carbocycles. The molecule has 98 valence electrons. The Hall–Kier alpha value is -1.59. The highest BCUT2D eigenvalue weighted by atomic mass is 79.9. The van der Waals surface area contributed by atoms with Crippen LogP contribution < -0.4 is 5.32 Å². The maximum absolute atomic E-state index is 11.4. The van der Waals surface area contributed by atoms with E-state index in [4.69, 9.17) is 11.6 Å². The first kappa shape index (κ1) is 13.8. The SMILES string of the molecule is COC(=O)c1ccnc(Nc2ccc(Cl)cc2Br)c1. The molecule has 0 aliphatic rings. The van der Waals surface area contributed by atoms with Gasteiger partial charge < -0.3 is 10.1 Å². The molecule has 1 heterocycles. The highest BCUT2D eigenvalue weighted by molar-refractivity contribution is 9.10. The van der Waals surface area contributed by atoms with Crippen molar-refractivity contribution in [2.24, 2.45) is 0 Å². The van der Waals surface area contributed by atoms with Crippen molar-refractivity contribution in [3.63, 3.8) is 0 Å². The summed E-state index contributed by atoms with van der Waals surface area (Å²) in [5.41, 5.74) is 1.24. The fourth-order valence-corrected chi connectivity index (χ4v) is 2.25. The van der Waals surface area contributed by atoms with E-state index in [1.54, 1.807) is 30.5 Å². The lowest BCUT2D eigenvalue weighted by atomic mass is 10.2. The molecular weight excluding hydrogens is 332 g/mol. The molecule has 19 heavy (non-hydrogen) atoms. The van der Waals surface area contributed by atoms with Gasteiger partial charge in [0.2, 0.25) is 0 Å². The summed E-state index contributed by atoms with van der Waals surface area (Å²) >= 11 is 9.27. The number of pyridine rings is 1. The van der Waals surface area contributed by atoms with Gasteiger partial charge in [0.15, 0.2) is 0 Å². The summed E-state index contributed by atoms with van der Waals surface area (Å²) in [6.45, 7) is 0. The van der Waals surface area contributed by atoms with E-state index < -0.39 is 5.97 Å². The van der Waals surface area contributed by atoms with E-state index in [0.717, 1.165) is 10.2 Å². The van der Waals surface area contributed by atoms with Gasteiger partial charge in [0.05, 0.1) is 18.4 Å². The zero-order valence-corrected chi connectivity index (χ0v) is 12.3. The second-order valence-electron chi connectivity index (χ2n) is 3.67. The zero-order chi connectivity index (χ0) is 13.8. The van der Waals surface area contributed by atoms with E-state index in [1.807, 2.05) is 6.07 Å². The van der Waals surface area contributed by atoms with Gasteiger partial charge in [0, 0.05) is 15.7 Å². The first-order valence-corrected chi connectivity index (χ1v) is 6.53. The summed E-state index contributed by atoms with van der Waals surface area (Å²) in [6, 6.07) is 8.56. The molecule has 0 saturated heterocycles. The van der Waals surface area contributed by atoms with E-state index in [1.165, 1.54) is 7.11 Å². The van der Waals surface area contributed by atoms with E-state index in [2.05, 4.69) is 31.0 Å². The van der Waals surface area contributed by atoms with Gasteiger partial charge in [0.1, 0.15) is 5.82 Å². The molecule has 0 spiro atoms. The number of carbonyl (C=O) groups excluding carboxylic acids is 1.